The fraction of sp³-hybridized carbons (Fsp3) is 0.455. The summed E-state index contributed by atoms with van der Waals surface area (Å²) in [6.45, 7) is 3.07. The lowest BCUT2D eigenvalue weighted by Crippen LogP contribution is -2.40. The highest BCUT2D eigenvalue weighted by atomic mass is 35.5. The number of rotatable bonds is 4. The van der Waals surface area contributed by atoms with Crippen molar-refractivity contribution in [3.8, 4) is 0 Å². The van der Waals surface area contributed by atoms with E-state index in [0.717, 1.165) is 9.21 Å². The van der Waals surface area contributed by atoms with Crippen LogP contribution in [-0.4, -0.2) is 36.5 Å². The Hall–Kier alpha value is -1.11. The topological polar surface area (TPSA) is 61.4 Å². The summed E-state index contributed by atoms with van der Waals surface area (Å²) in [5.41, 5.74) is 0. The van der Waals surface area contributed by atoms with E-state index in [4.69, 9.17) is 11.6 Å². The third kappa shape index (κ3) is 3.01. The Morgan fingerprint density at radius 1 is 1.67 bits per heavy atom. The van der Waals surface area contributed by atoms with Gasteiger partial charge in [-0.1, -0.05) is 11.6 Å². The molecule has 2 heterocycles. The van der Waals surface area contributed by atoms with Gasteiger partial charge in [0, 0.05) is 24.0 Å². The van der Waals surface area contributed by atoms with Crippen LogP contribution in [0.15, 0.2) is 12.1 Å². The van der Waals surface area contributed by atoms with Gasteiger partial charge in [0.05, 0.1) is 10.9 Å². The third-order valence-corrected chi connectivity index (χ3v) is 4.15. The first-order valence-electron chi connectivity index (χ1n) is 5.64. The fourth-order valence-corrected chi connectivity index (χ4v) is 2.79. The summed E-state index contributed by atoms with van der Waals surface area (Å²) < 4.78 is 0.726. The lowest BCUT2D eigenvalue weighted by Gasteiger charge is -2.15. The fourth-order valence-electron chi connectivity index (χ4n) is 1.71. The summed E-state index contributed by atoms with van der Waals surface area (Å²) in [7, 11) is 0. The van der Waals surface area contributed by atoms with Crippen molar-refractivity contribution in [2.45, 2.75) is 13.0 Å². The summed E-state index contributed by atoms with van der Waals surface area (Å²) in [6.07, 6.45) is 0. The lowest BCUT2D eigenvalue weighted by molar-refractivity contribution is -0.126. The summed E-state index contributed by atoms with van der Waals surface area (Å²) >= 11 is 7.33. The largest absolute Gasteiger partial charge is 0.336 e. The summed E-state index contributed by atoms with van der Waals surface area (Å²) in [5.74, 6) is -0.209. The Morgan fingerprint density at radius 2 is 2.44 bits per heavy atom. The SMILES string of the molecule is C[C@H](NCC(=O)N1CCNC1=O)c1ccc(Cl)s1. The molecular weight excluding hydrogens is 274 g/mol. The van der Waals surface area contributed by atoms with Gasteiger partial charge in [0.25, 0.3) is 0 Å². The van der Waals surface area contributed by atoms with Gasteiger partial charge in [-0.2, -0.15) is 0 Å². The molecule has 1 aliphatic heterocycles. The zero-order chi connectivity index (χ0) is 13.1. The van der Waals surface area contributed by atoms with Crippen LogP contribution in [0.5, 0.6) is 0 Å². The first kappa shape index (κ1) is 13.3. The molecule has 0 aromatic carbocycles. The van der Waals surface area contributed by atoms with E-state index in [1.165, 1.54) is 16.2 Å². The lowest BCUT2D eigenvalue weighted by atomic mass is 10.3. The van der Waals surface area contributed by atoms with Gasteiger partial charge < -0.3 is 10.6 Å². The molecule has 1 aliphatic rings. The van der Waals surface area contributed by atoms with Crippen LogP contribution in [0.4, 0.5) is 4.79 Å². The van der Waals surface area contributed by atoms with Crippen LogP contribution in [-0.2, 0) is 4.79 Å². The molecule has 0 radical (unpaired) electrons. The van der Waals surface area contributed by atoms with Crippen molar-refractivity contribution >= 4 is 34.9 Å². The molecule has 0 spiro atoms. The van der Waals surface area contributed by atoms with E-state index in [2.05, 4.69) is 10.6 Å². The second kappa shape index (κ2) is 5.69. The highest BCUT2D eigenvalue weighted by Gasteiger charge is 2.25. The molecule has 2 N–H and O–H groups in total. The number of amides is 3. The molecule has 1 aromatic rings. The number of hydrogen-bond acceptors (Lipinski definition) is 4. The van der Waals surface area contributed by atoms with Gasteiger partial charge >= 0.3 is 6.03 Å². The number of imide groups is 1. The molecule has 5 nitrogen and oxygen atoms in total. The number of urea groups is 1. The van der Waals surface area contributed by atoms with Gasteiger partial charge in [0.2, 0.25) is 5.91 Å². The Morgan fingerprint density at radius 3 is 3.00 bits per heavy atom. The van der Waals surface area contributed by atoms with E-state index >= 15 is 0 Å². The average molecular weight is 288 g/mol. The van der Waals surface area contributed by atoms with Gasteiger partial charge in [-0.3, -0.25) is 9.69 Å². The number of hydrogen-bond donors (Lipinski definition) is 2. The molecule has 1 fully saturated rings. The van der Waals surface area contributed by atoms with Crippen LogP contribution < -0.4 is 10.6 Å². The average Bonchev–Trinajstić information content (AvgIpc) is 2.94. The summed E-state index contributed by atoms with van der Waals surface area (Å²) in [6, 6.07) is 3.48. The highest BCUT2D eigenvalue weighted by molar-refractivity contribution is 7.16. The van der Waals surface area contributed by atoms with Crippen LogP contribution in [0.2, 0.25) is 4.34 Å². The summed E-state index contributed by atoms with van der Waals surface area (Å²) in [5, 5.41) is 5.69. The number of nitrogens with one attached hydrogen (secondary N) is 2. The number of halogens is 1. The van der Waals surface area contributed by atoms with Crippen molar-refractivity contribution < 1.29 is 9.59 Å². The zero-order valence-electron chi connectivity index (χ0n) is 9.90. The Labute approximate surface area is 114 Å². The molecule has 3 amide bonds. The molecule has 1 atom stereocenters. The van der Waals surface area contributed by atoms with Crippen LogP contribution >= 0.6 is 22.9 Å². The van der Waals surface area contributed by atoms with Crippen LogP contribution in [0.1, 0.15) is 17.8 Å². The van der Waals surface area contributed by atoms with Crippen molar-refractivity contribution in [3.05, 3.63) is 21.3 Å². The monoisotopic (exact) mass is 287 g/mol. The number of carbonyl (C=O) groups excluding carboxylic acids is 2. The Balaban J connectivity index is 1.84. The molecule has 7 heteroatoms. The molecule has 2 rings (SSSR count). The van der Waals surface area contributed by atoms with E-state index in [9.17, 15) is 9.59 Å². The number of thiophene rings is 1. The van der Waals surface area contributed by atoms with E-state index in [-0.39, 0.29) is 24.5 Å². The maximum atomic E-state index is 11.8. The van der Waals surface area contributed by atoms with Gasteiger partial charge in [-0.15, -0.1) is 11.3 Å². The smallest absolute Gasteiger partial charge is 0.324 e. The Bertz CT molecular complexity index is 463. The molecule has 1 aromatic heterocycles. The van der Waals surface area contributed by atoms with Gasteiger partial charge in [0.1, 0.15) is 0 Å². The molecule has 18 heavy (non-hydrogen) atoms. The molecule has 0 bridgehead atoms. The quantitative estimate of drug-likeness (QED) is 0.884. The standard InChI is InChI=1S/C11H14ClN3O2S/c1-7(8-2-3-9(12)18-8)14-6-10(16)15-5-4-13-11(15)17/h2-3,7,14H,4-6H2,1H3,(H,13,17)/t7-/m0/s1. The predicted octanol–water partition coefficient (Wildman–Crippen LogP) is 1.60. The molecule has 0 aliphatic carbocycles. The van der Waals surface area contributed by atoms with Gasteiger partial charge in [0.15, 0.2) is 0 Å². The minimum absolute atomic E-state index is 0.0390. The second-order valence-corrected chi connectivity index (χ2v) is 5.77. The normalized spacial score (nSPS) is 16.8. The molecule has 98 valence electrons. The van der Waals surface area contributed by atoms with Crippen LogP contribution in [0.3, 0.4) is 0 Å². The van der Waals surface area contributed by atoms with Gasteiger partial charge in [-0.05, 0) is 19.1 Å². The van der Waals surface area contributed by atoms with E-state index in [1.54, 1.807) is 0 Å². The minimum Gasteiger partial charge on any atom is -0.336 e. The second-order valence-electron chi connectivity index (χ2n) is 4.02. The van der Waals surface area contributed by atoms with Crippen LogP contribution in [0, 0.1) is 0 Å². The van der Waals surface area contributed by atoms with Gasteiger partial charge in [-0.25, -0.2) is 4.79 Å². The van der Waals surface area contributed by atoms with Crippen LogP contribution in [0.25, 0.3) is 0 Å². The van der Waals surface area contributed by atoms with Crippen molar-refractivity contribution in [2.24, 2.45) is 0 Å². The van der Waals surface area contributed by atoms with E-state index in [0.29, 0.717) is 13.1 Å². The molecule has 0 unspecified atom stereocenters. The molecule has 0 saturated carbocycles. The van der Waals surface area contributed by atoms with Crippen molar-refractivity contribution in [3.63, 3.8) is 0 Å². The van der Waals surface area contributed by atoms with Crippen molar-refractivity contribution in [1.82, 2.24) is 15.5 Å². The van der Waals surface area contributed by atoms with E-state index in [1.807, 2.05) is 19.1 Å². The maximum absolute atomic E-state index is 11.8. The predicted molar refractivity (Wildman–Crippen MR) is 70.9 cm³/mol. The first-order chi connectivity index (χ1) is 8.58. The van der Waals surface area contributed by atoms with Crippen molar-refractivity contribution in [1.29, 1.82) is 0 Å². The minimum atomic E-state index is -0.311. The van der Waals surface area contributed by atoms with Crippen molar-refractivity contribution in [2.75, 3.05) is 19.6 Å². The highest BCUT2D eigenvalue weighted by Crippen LogP contribution is 2.26. The number of carbonyl (C=O) groups is 2. The Kier molecular flexibility index (Phi) is 4.21. The zero-order valence-corrected chi connectivity index (χ0v) is 11.5. The maximum Gasteiger partial charge on any atom is 0.324 e. The summed E-state index contributed by atoms with van der Waals surface area (Å²) in [4.78, 5) is 25.4. The first-order valence-corrected chi connectivity index (χ1v) is 6.84. The molecular formula is C11H14ClN3O2S. The third-order valence-electron chi connectivity index (χ3n) is 2.74. The van der Waals surface area contributed by atoms with E-state index < -0.39 is 0 Å². The molecule has 1 saturated heterocycles. The number of nitrogens with zero attached hydrogens (tertiary/aromatic N) is 1.